The van der Waals surface area contributed by atoms with Crippen molar-refractivity contribution in [3.05, 3.63) is 46.0 Å². The Kier molecular flexibility index (Phi) is 2.55. The number of aryl methyl sites for hydroxylation is 2. The number of benzene rings is 1. The SMILES string of the molecule is Cc1cn(-c2ccc([N+](=O)[O-])c(N)c2)c(C)n1. The molecule has 0 bridgehead atoms. The van der Waals surface area contributed by atoms with Crippen molar-refractivity contribution in [3.63, 3.8) is 0 Å². The summed E-state index contributed by atoms with van der Waals surface area (Å²) in [5, 5.41) is 10.6. The van der Waals surface area contributed by atoms with Gasteiger partial charge in [0, 0.05) is 18.0 Å². The zero-order valence-electron chi connectivity index (χ0n) is 9.54. The minimum Gasteiger partial charge on any atom is -0.393 e. The Hall–Kier alpha value is -2.37. The van der Waals surface area contributed by atoms with Gasteiger partial charge in [-0.15, -0.1) is 0 Å². The van der Waals surface area contributed by atoms with Gasteiger partial charge < -0.3 is 10.3 Å². The molecular weight excluding hydrogens is 220 g/mol. The van der Waals surface area contributed by atoms with Crippen molar-refractivity contribution in [2.24, 2.45) is 0 Å². The monoisotopic (exact) mass is 232 g/mol. The van der Waals surface area contributed by atoms with E-state index >= 15 is 0 Å². The number of nitrogens with zero attached hydrogens (tertiary/aromatic N) is 3. The highest BCUT2D eigenvalue weighted by atomic mass is 16.6. The second kappa shape index (κ2) is 3.89. The molecule has 6 heteroatoms. The highest BCUT2D eigenvalue weighted by molar-refractivity contribution is 5.62. The van der Waals surface area contributed by atoms with E-state index < -0.39 is 4.92 Å². The standard InChI is InChI=1S/C11H12N4O2/c1-7-6-14(8(2)13-7)9-3-4-11(15(16)17)10(12)5-9/h3-6H,12H2,1-2H3. The maximum Gasteiger partial charge on any atom is 0.292 e. The topological polar surface area (TPSA) is 87.0 Å². The Bertz CT molecular complexity index is 589. The fraction of sp³-hybridized carbons (Fsp3) is 0.182. The first-order chi connectivity index (χ1) is 7.99. The molecule has 17 heavy (non-hydrogen) atoms. The van der Waals surface area contributed by atoms with Crippen LogP contribution in [0.25, 0.3) is 5.69 Å². The van der Waals surface area contributed by atoms with Gasteiger partial charge in [-0.25, -0.2) is 4.98 Å². The van der Waals surface area contributed by atoms with E-state index in [0.717, 1.165) is 17.2 Å². The van der Waals surface area contributed by atoms with E-state index in [4.69, 9.17) is 5.73 Å². The van der Waals surface area contributed by atoms with Gasteiger partial charge in [-0.2, -0.15) is 0 Å². The first-order valence-corrected chi connectivity index (χ1v) is 5.06. The molecule has 88 valence electrons. The Morgan fingerprint density at radius 2 is 2.12 bits per heavy atom. The minimum absolute atomic E-state index is 0.0803. The molecule has 0 spiro atoms. The van der Waals surface area contributed by atoms with Crippen LogP contribution in [-0.4, -0.2) is 14.5 Å². The number of aromatic nitrogens is 2. The van der Waals surface area contributed by atoms with E-state index in [1.54, 1.807) is 12.1 Å². The zero-order chi connectivity index (χ0) is 12.6. The van der Waals surface area contributed by atoms with Crippen molar-refractivity contribution >= 4 is 11.4 Å². The quantitative estimate of drug-likeness (QED) is 0.487. The molecule has 1 aromatic heterocycles. The normalized spacial score (nSPS) is 10.5. The summed E-state index contributed by atoms with van der Waals surface area (Å²) in [7, 11) is 0. The van der Waals surface area contributed by atoms with Gasteiger partial charge in [0.2, 0.25) is 0 Å². The maximum atomic E-state index is 10.6. The lowest BCUT2D eigenvalue weighted by Crippen LogP contribution is -2.00. The Balaban J connectivity index is 2.51. The Labute approximate surface area is 97.9 Å². The van der Waals surface area contributed by atoms with Gasteiger partial charge in [0.25, 0.3) is 5.69 Å². The molecule has 0 aliphatic heterocycles. The number of anilines is 1. The Morgan fingerprint density at radius 1 is 1.41 bits per heavy atom. The van der Waals surface area contributed by atoms with Gasteiger partial charge in [-0.1, -0.05) is 0 Å². The lowest BCUT2D eigenvalue weighted by Gasteiger charge is -2.05. The van der Waals surface area contributed by atoms with Crippen LogP contribution < -0.4 is 5.73 Å². The van der Waals surface area contributed by atoms with Gasteiger partial charge in [0.1, 0.15) is 11.5 Å². The third kappa shape index (κ3) is 1.96. The van der Waals surface area contributed by atoms with E-state index in [1.165, 1.54) is 6.07 Å². The summed E-state index contributed by atoms with van der Waals surface area (Å²) in [6.07, 6.45) is 1.86. The van der Waals surface area contributed by atoms with Crippen molar-refractivity contribution in [2.45, 2.75) is 13.8 Å². The number of nitro groups is 1. The molecule has 0 atom stereocenters. The lowest BCUT2D eigenvalue weighted by molar-refractivity contribution is -0.383. The molecule has 0 aliphatic carbocycles. The van der Waals surface area contributed by atoms with Crippen molar-refractivity contribution in [3.8, 4) is 5.69 Å². The third-order valence-corrected chi connectivity index (χ3v) is 2.49. The van der Waals surface area contributed by atoms with Crippen molar-refractivity contribution in [1.82, 2.24) is 9.55 Å². The van der Waals surface area contributed by atoms with Crippen LogP contribution in [-0.2, 0) is 0 Å². The summed E-state index contributed by atoms with van der Waals surface area (Å²) in [6, 6.07) is 4.63. The molecule has 0 radical (unpaired) electrons. The largest absolute Gasteiger partial charge is 0.393 e. The first-order valence-electron chi connectivity index (χ1n) is 5.06. The molecule has 0 saturated heterocycles. The molecule has 0 saturated carbocycles. The van der Waals surface area contributed by atoms with Crippen LogP contribution in [0.4, 0.5) is 11.4 Å². The fourth-order valence-electron chi connectivity index (χ4n) is 1.74. The number of hydrogen-bond donors (Lipinski definition) is 1. The summed E-state index contributed by atoms with van der Waals surface area (Å²) in [5.74, 6) is 0.816. The molecule has 2 rings (SSSR count). The molecule has 1 heterocycles. The summed E-state index contributed by atoms with van der Waals surface area (Å²) < 4.78 is 1.84. The van der Waals surface area contributed by atoms with E-state index in [2.05, 4.69) is 4.98 Å². The zero-order valence-corrected chi connectivity index (χ0v) is 9.54. The van der Waals surface area contributed by atoms with E-state index in [0.29, 0.717) is 0 Å². The highest BCUT2D eigenvalue weighted by Crippen LogP contribution is 2.24. The number of nitrogens with two attached hydrogens (primary N) is 1. The number of rotatable bonds is 2. The molecule has 2 N–H and O–H groups in total. The minimum atomic E-state index is -0.495. The second-order valence-electron chi connectivity index (χ2n) is 3.80. The molecular formula is C11H12N4O2. The highest BCUT2D eigenvalue weighted by Gasteiger charge is 2.12. The first kappa shape index (κ1) is 11.1. The Morgan fingerprint density at radius 3 is 2.59 bits per heavy atom. The van der Waals surface area contributed by atoms with Crippen LogP contribution in [0, 0.1) is 24.0 Å². The van der Waals surface area contributed by atoms with Crippen LogP contribution in [0.2, 0.25) is 0 Å². The van der Waals surface area contributed by atoms with E-state index in [-0.39, 0.29) is 11.4 Å². The van der Waals surface area contributed by atoms with Crippen LogP contribution in [0.15, 0.2) is 24.4 Å². The van der Waals surface area contributed by atoms with Gasteiger partial charge in [-0.05, 0) is 26.0 Å². The molecule has 0 amide bonds. The van der Waals surface area contributed by atoms with E-state index in [1.807, 2.05) is 24.6 Å². The van der Waals surface area contributed by atoms with Crippen LogP contribution in [0.3, 0.4) is 0 Å². The smallest absolute Gasteiger partial charge is 0.292 e. The summed E-state index contributed by atoms with van der Waals surface area (Å²) >= 11 is 0. The molecule has 0 fully saturated rings. The predicted octanol–water partition coefficient (Wildman–Crippen LogP) is 1.98. The van der Waals surface area contributed by atoms with Crippen LogP contribution >= 0.6 is 0 Å². The lowest BCUT2D eigenvalue weighted by atomic mass is 10.2. The number of imidazole rings is 1. The van der Waals surface area contributed by atoms with Crippen LogP contribution in [0.5, 0.6) is 0 Å². The van der Waals surface area contributed by atoms with Gasteiger partial charge in [-0.3, -0.25) is 10.1 Å². The molecule has 2 aromatic rings. The van der Waals surface area contributed by atoms with Crippen LogP contribution in [0.1, 0.15) is 11.5 Å². The number of nitro benzene ring substituents is 1. The van der Waals surface area contributed by atoms with Gasteiger partial charge >= 0.3 is 0 Å². The fourth-order valence-corrected chi connectivity index (χ4v) is 1.74. The number of nitrogen functional groups attached to an aromatic ring is 1. The average Bonchev–Trinajstić information content (AvgIpc) is 2.57. The van der Waals surface area contributed by atoms with Gasteiger partial charge in [0.15, 0.2) is 0 Å². The van der Waals surface area contributed by atoms with E-state index in [9.17, 15) is 10.1 Å². The third-order valence-electron chi connectivity index (χ3n) is 2.49. The van der Waals surface area contributed by atoms with Crippen molar-refractivity contribution < 1.29 is 4.92 Å². The number of hydrogen-bond acceptors (Lipinski definition) is 4. The second-order valence-corrected chi connectivity index (χ2v) is 3.80. The summed E-state index contributed by atoms with van der Waals surface area (Å²) in [6.45, 7) is 3.75. The average molecular weight is 232 g/mol. The maximum absolute atomic E-state index is 10.6. The summed E-state index contributed by atoms with van der Waals surface area (Å²) in [4.78, 5) is 14.4. The van der Waals surface area contributed by atoms with Crippen molar-refractivity contribution in [1.29, 1.82) is 0 Å². The molecule has 0 unspecified atom stereocenters. The predicted molar refractivity (Wildman–Crippen MR) is 64.1 cm³/mol. The molecule has 1 aromatic carbocycles. The molecule has 0 aliphatic rings. The molecule has 6 nitrogen and oxygen atoms in total. The van der Waals surface area contributed by atoms with Gasteiger partial charge in [0.05, 0.1) is 10.6 Å². The van der Waals surface area contributed by atoms with Crippen molar-refractivity contribution in [2.75, 3.05) is 5.73 Å². The summed E-state index contributed by atoms with van der Waals surface area (Å²) in [5.41, 5.74) is 7.37.